The van der Waals surface area contributed by atoms with E-state index in [1.165, 1.54) is 16.2 Å². The molecule has 0 saturated carbocycles. The second-order valence-electron chi connectivity index (χ2n) is 5.69. The molecule has 0 spiro atoms. The molecule has 2 aromatic rings. The Morgan fingerprint density at radius 1 is 1.21 bits per heavy atom. The van der Waals surface area contributed by atoms with E-state index in [4.69, 9.17) is 11.6 Å². The first kappa shape index (κ1) is 18.3. The molecule has 0 aliphatic heterocycles. The van der Waals surface area contributed by atoms with Crippen molar-refractivity contribution < 1.29 is 9.59 Å². The van der Waals surface area contributed by atoms with Crippen LogP contribution in [0.15, 0.2) is 30.3 Å². The Kier molecular flexibility index (Phi) is 5.85. The summed E-state index contributed by atoms with van der Waals surface area (Å²) in [6, 6.07) is 8.45. The van der Waals surface area contributed by atoms with Gasteiger partial charge < -0.3 is 15.5 Å². The molecule has 5 nitrogen and oxygen atoms in total. The van der Waals surface area contributed by atoms with Gasteiger partial charge in [0.15, 0.2) is 0 Å². The number of urea groups is 1. The van der Waals surface area contributed by atoms with Crippen molar-refractivity contribution in [1.82, 2.24) is 10.2 Å². The highest BCUT2D eigenvalue weighted by Gasteiger charge is 2.14. The van der Waals surface area contributed by atoms with Crippen LogP contribution in [0.5, 0.6) is 0 Å². The van der Waals surface area contributed by atoms with Gasteiger partial charge in [-0.15, -0.1) is 11.3 Å². The minimum Gasteiger partial charge on any atom is -0.345 e. The summed E-state index contributed by atoms with van der Waals surface area (Å²) in [5.41, 5.74) is 2.02. The number of anilines is 1. The van der Waals surface area contributed by atoms with Crippen LogP contribution in [-0.4, -0.2) is 30.9 Å². The summed E-state index contributed by atoms with van der Waals surface area (Å²) in [5.74, 6) is -0.111. The number of benzene rings is 1. The van der Waals surface area contributed by atoms with E-state index in [1.54, 1.807) is 32.3 Å². The van der Waals surface area contributed by atoms with Crippen molar-refractivity contribution >= 4 is 40.6 Å². The fourth-order valence-electron chi connectivity index (χ4n) is 2.14. The average molecular weight is 366 g/mol. The Balaban J connectivity index is 2.08. The Labute approximate surface area is 150 Å². The minimum absolute atomic E-state index is 0.111. The number of rotatable bonds is 4. The molecule has 1 aromatic carbocycles. The number of hydrogen-bond acceptors (Lipinski definition) is 3. The first-order valence-corrected chi connectivity index (χ1v) is 8.62. The number of nitrogens with zero attached hydrogens (tertiary/aromatic N) is 1. The number of carbonyl (C=O) groups excluding carboxylic acids is 2. The van der Waals surface area contributed by atoms with Crippen molar-refractivity contribution in [2.24, 2.45) is 0 Å². The molecule has 2 rings (SSSR count). The molecule has 0 aliphatic carbocycles. The highest BCUT2D eigenvalue weighted by Crippen LogP contribution is 2.26. The van der Waals surface area contributed by atoms with E-state index in [-0.39, 0.29) is 18.0 Å². The molecule has 24 heavy (non-hydrogen) atoms. The summed E-state index contributed by atoms with van der Waals surface area (Å²) < 4.78 is 0.685. The van der Waals surface area contributed by atoms with Gasteiger partial charge in [-0.1, -0.05) is 17.7 Å². The number of aryl methyl sites for hydroxylation is 1. The lowest BCUT2D eigenvalue weighted by Gasteiger charge is -2.16. The van der Waals surface area contributed by atoms with Gasteiger partial charge in [-0.2, -0.15) is 0 Å². The predicted molar refractivity (Wildman–Crippen MR) is 99.1 cm³/mol. The molecular formula is C17H20ClN3O2S. The second-order valence-corrected chi connectivity index (χ2v) is 7.44. The fourth-order valence-corrected chi connectivity index (χ4v) is 3.20. The molecule has 0 saturated heterocycles. The van der Waals surface area contributed by atoms with E-state index in [2.05, 4.69) is 10.6 Å². The van der Waals surface area contributed by atoms with Gasteiger partial charge in [0.1, 0.15) is 0 Å². The summed E-state index contributed by atoms with van der Waals surface area (Å²) in [4.78, 5) is 26.7. The molecule has 0 bridgehead atoms. The van der Waals surface area contributed by atoms with Crippen LogP contribution in [0.1, 0.15) is 33.8 Å². The lowest BCUT2D eigenvalue weighted by atomic mass is 10.1. The maximum Gasteiger partial charge on any atom is 0.319 e. The van der Waals surface area contributed by atoms with Crippen LogP contribution in [0.25, 0.3) is 0 Å². The van der Waals surface area contributed by atoms with E-state index in [9.17, 15) is 9.59 Å². The zero-order valence-corrected chi connectivity index (χ0v) is 15.6. The van der Waals surface area contributed by atoms with E-state index in [0.29, 0.717) is 15.6 Å². The predicted octanol–water partition coefficient (Wildman–Crippen LogP) is 4.29. The normalized spacial score (nSPS) is 11.7. The quantitative estimate of drug-likeness (QED) is 0.848. The van der Waals surface area contributed by atoms with Gasteiger partial charge in [0.25, 0.3) is 5.91 Å². The maximum atomic E-state index is 12.2. The Hall–Kier alpha value is -2.05. The Morgan fingerprint density at radius 2 is 1.92 bits per heavy atom. The largest absolute Gasteiger partial charge is 0.345 e. The molecule has 7 heteroatoms. The van der Waals surface area contributed by atoms with Crippen LogP contribution < -0.4 is 10.6 Å². The van der Waals surface area contributed by atoms with Gasteiger partial charge in [-0.25, -0.2) is 4.79 Å². The highest BCUT2D eigenvalue weighted by molar-refractivity contribution is 7.16. The van der Waals surface area contributed by atoms with Gasteiger partial charge >= 0.3 is 6.03 Å². The minimum atomic E-state index is -0.329. The molecule has 128 valence electrons. The van der Waals surface area contributed by atoms with Crippen molar-refractivity contribution in [3.8, 4) is 0 Å². The van der Waals surface area contributed by atoms with Gasteiger partial charge in [0.05, 0.1) is 10.4 Å². The molecule has 0 unspecified atom stereocenters. The zero-order valence-electron chi connectivity index (χ0n) is 14.0. The van der Waals surface area contributed by atoms with E-state index in [1.807, 2.05) is 26.0 Å². The second kappa shape index (κ2) is 7.68. The van der Waals surface area contributed by atoms with Gasteiger partial charge in [0.2, 0.25) is 0 Å². The lowest BCUT2D eigenvalue weighted by molar-refractivity contribution is 0.0827. The van der Waals surface area contributed by atoms with Crippen LogP contribution in [-0.2, 0) is 0 Å². The molecule has 1 heterocycles. The Morgan fingerprint density at radius 3 is 2.50 bits per heavy atom. The topological polar surface area (TPSA) is 61.4 Å². The number of nitrogens with one attached hydrogen (secondary N) is 2. The number of halogens is 1. The van der Waals surface area contributed by atoms with Crippen molar-refractivity contribution in [3.05, 3.63) is 50.7 Å². The molecule has 0 fully saturated rings. The van der Waals surface area contributed by atoms with E-state index in [0.717, 1.165) is 10.4 Å². The molecule has 0 aliphatic rings. The number of amides is 3. The van der Waals surface area contributed by atoms with Crippen LogP contribution in [0.3, 0.4) is 0 Å². The van der Waals surface area contributed by atoms with Crippen LogP contribution in [0.2, 0.25) is 4.34 Å². The van der Waals surface area contributed by atoms with Gasteiger partial charge in [0, 0.05) is 30.2 Å². The number of carbonyl (C=O) groups is 2. The number of hydrogen-bond donors (Lipinski definition) is 2. The highest BCUT2D eigenvalue weighted by atomic mass is 35.5. The molecular weight excluding hydrogens is 346 g/mol. The first-order valence-electron chi connectivity index (χ1n) is 7.43. The van der Waals surface area contributed by atoms with E-state index < -0.39 is 0 Å². The van der Waals surface area contributed by atoms with Gasteiger partial charge in [-0.3, -0.25) is 4.79 Å². The summed E-state index contributed by atoms with van der Waals surface area (Å²) in [6.45, 7) is 3.77. The summed E-state index contributed by atoms with van der Waals surface area (Å²) in [5, 5.41) is 5.67. The van der Waals surface area contributed by atoms with Crippen molar-refractivity contribution in [1.29, 1.82) is 0 Å². The van der Waals surface area contributed by atoms with Crippen LogP contribution in [0, 0.1) is 6.92 Å². The summed E-state index contributed by atoms with van der Waals surface area (Å²) in [7, 11) is 3.38. The smallest absolute Gasteiger partial charge is 0.319 e. The summed E-state index contributed by atoms with van der Waals surface area (Å²) >= 11 is 7.35. The van der Waals surface area contributed by atoms with Crippen LogP contribution >= 0.6 is 22.9 Å². The molecule has 2 N–H and O–H groups in total. The lowest BCUT2D eigenvalue weighted by Crippen LogP contribution is -2.31. The van der Waals surface area contributed by atoms with Crippen molar-refractivity contribution in [2.45, 2.75) is 19.9 Å². The zero-order chi connectivity index (χ0) is 17.9. The SMILES string of the molecule is Cc1ccc(C(=O)N(C)C)cc1NC(=O)N[C@H](C)c1ccc(Cl)s1. The fraction of sp³-hybridized carbons (Fsp3) is 0.294. The molecule has 0 radical (unpaired) electrons. The van der Waals surface area contributed by atoms with Crippen LogP contribution in [0.4, 0.5) is 10.5 Å². The standard InChI is InChI=1S/C17H20ClN3O2S/c1-10-5-6-12(16(22)21(3)4)9-13(10)20-17(23)19-11(2)14-7-8-15(18)24-14/h5-9,11H,1-4H3,(H2,19,20,23)/t11-/m1/s1. The summed E-state index contributed by atoms with van der Waals surface area (Å²) in [6.07, 6.45) is 0. The average Bonchev–Trinajstić information content (AvgIpc) is 2.95. The molecule has 1 atom stereocenters. The Bertz CT molecular complexity index is 758. The van der Waals surface area contributed by atoms with Crippen molar-refractivity contribution in [3.63, 3.8) is 0 Å². The first-order chi connectivity index (χ1) is 11.3. The van der Waals surface area contributed by atoms with Crippen molar-refractivity contribution in [2.75, 3.05) is 19.4 Å². The molecule has 1 aromatic heterocycles. The third kappa shape index (κ3) is 4.49. The third-order valence-corrected chi connectivity index (χ3v) is 4.92. The van der Waals surface area contributed by atoms with Gasteiger partial charge in [-0.05, 0) is 43.7 Å². The monoisotopic (exact) mass is 365 g/mol. The maximum absolute atomic E-state index is 12.2. The van der Waals surface area contributed by atoms with E-state index >= 15 is 0 Å². The number of thiophene rings is 1. The third-order valence-electron chi connectivity index (χ3n) is 3.51. The molecule has 3 amide bonds.